The van der Waals surface area contributed by atoms with Crippen LogP contribution in [0.3, 0.4) is 0 Å². The van der Waals surface area contributed by atoms with Crippen molar-refractivity contribution >= 4 is 11.8 Å². The highest BCUT2D eigenvalue weighted by Gasteiger charge is 2.39. The average Bonchev–Trinajstić information content (AvgIpc) is 2.69. The molecule has 0 spiro atoms. The van der Waals surface area contributed by atoms with Gasteiger partial charge >= 0.3 is 5.97 Å². The maximum absolute atomic E-state index is 12.3. The summed E-state index contributed by atoms with van der Waals surface area (Å²) in [4.78, 5) is 23.7. The molecule has 3 rings (SSSR count). The molecular weight excluding hydrogens is 344 g/mol. The van der Waals surface area contributed by atoms with Crippen molar-refractivity contribution < 1.29 is 23.8 Å². The Kier molecular flexibility index (Phi) is 6.52. The van der Waals surface area contributed by atoms with Gasteiger partial charge in [0.2, 0.25) is 0 Å². The molecule has 0 saturated carbocycles. The third kappa shape index (κ3) is 5.36. The molecular formula is C22H22O5. The predicted molar refractivity (Wildman–Crippen MR) is 99.7 cm³/mol. The van der Waals surface area contributed by atoms with Gasteiger partial charge in [-0.05, 0) is 23.3 Å². The summed E-state index contributed by atoms with van der Waals surface area (Å²) in [6.07, 6.45) is 0.829. The Bertz CT molecular complexity index is 785. The number of ketones is 1. The quantitative estimate of drug-likeness (QED) is 0.704. The maximum Gasteiger partial charge on any atom is 0.303 e. The fourth-order valence-electron chi connectivity index (χ4n) is 2.90. The number of esters is 1. The topological polar surface area (TPSA) is 61.8 Å². The lowest BCUT2D eigenvalue weighted by molar-refractivity contribution is -0.172. The van der Waals surface area contributed by atoms with Crippen molar-refractivity contribution in [3.8, 4) is 0 Å². The molecule has 1 aliphatic carbocycles. The lowest BCUT2D eigenvalue weighted by Gasteiger charge is -2.33. The standard InChI is InChI=1S/C22H22O5/c1-16(23)27-21-19(24)12-13-20(25-14-17-8-4-2-5-9-17)22(21)26-15-18-10-6-3-7-11-18/h2-13,20-22H,14-15H2,1H3/t20-,21+,22+/m0/s1. The molecule has 0 heterocycles. The van der Waals surface area contributed by atoms with E-state index >= 15 is 0 Å². The second kappa shape index (κ2) is 9.26. The third-order valence-corrected chi connectivity index (χ3v) is 4.22. The minimum absolute atomic E-state index is 0.287. The molecule has 0 aliphatic heterocycles. The smallest absolute Gasteiger partial charge is 0.303 e. The van der Waals surface area contributed by atoms with Crippen LogP contribution in [0.1, 0.15) is 18.1 Å². The molecule has 0 radical (unpaired) electrons. The van der Waals surface area contributed by atoms with Crippen molar-refractivity contribution in [2.24, 2.45) is 0 Å². The zero-order valence-corrected chi connectivity index (χ0v) is 15.1. The SMILES string of the molecule is CC(=O)O[C@@H]1C(=O)C=C[C@H](OCc2ccccc2)[C@H]1OCc1ccccc1. The van der Waals surface area contributed by atoms with Gasteiger partial charge in [-0.15, -0.1) is 0 Å². The predicted octanol–water partition coefficient (Wildman–Crippen LogP) is 3.23. The van der Waals surface area contributed by atoms with E-state index in [1.54, 1.807) is 6.08 Å². The fraction of sp³-hybridized carbons (Fsp3) is 0.273. The molecule has 0 bridgehead atoms. The second-order valence-corrected chi connectivity index (χ2v) is 6.31. The molecule has 0 unspecified atom stereocenters. The first-order valence-corrected chi connectivity index (χ1v) is 8.84. The molecule has 0 aromatic heterocycles. The van der Waals surface area contributed by atoms with Gasteiger partial charge in [-0.25, -0.2) is 0 Å². The molecule has 0 N–H and O–H groups in total. The highest BCUT2D eigenvalue weighted by Crippen LogP contribution is 2.22. The Morgan fingerprint density at radius 3 is 2.00 bits per heavy atom. The van der Waals surface area contributed by atoms with Gasteiger partial charge in [-0.1, -0.05) is 60.7 Å². The number of benzene rings is 2. The van der Waals surface area contributed by atoms with Crippen LogP contribution in [0.25, 0.3) is 0 Å². The zero-order valence-electron chi connectivity index (χ0n) is 15.1. The Balaban J connectivity index is 1.74. The first-order valence-electron chi connectivity index (χ1n) is 8.84. The average molecular weight is 366 g/mol. The minimum atomic E-state index is -1.02. The first-order chi connectivity index (χ1) is 13.1. The molecule has 140 valence electrons. The third-order valence-electron chi connectivity index (χ3n) is 4.22. The summed E-state index contributed by atoms with van der Waals surface area (Å²) in [5.41, 5.74) is 1.97. The van der Waals surface area contributed by atoms with Gasteiger partial charge in [0.05, 0.1) is 13.2 Å². The number of hydrogen-bond acceptors (Lipinski definition) is 5. The van der Waals surface area contributed by atoms with Crippen LogP contribution in [-0.4, -0.2) is 30.1 Å². The largest absolute Gasteiger partial charge is 0.451 e. The van der Waals surface area contributed by atoms with Gasteiger partial charge in [0.25, 0.3) is 0 Å². The number of carbonyl (C=O) groups is 2. The van der Waals surface area contributed by atoms with E-state index in [1.807, 2.05) is 60.7 Å². The van der Waals surface area contributed by atoms with E-state index in [0.29, 0.717) is 6.61 Å². The highest BCUT2D eigenvalue weighted by atomic mass is 16.6. The molecule has 0 amide bonds. The monoisotopic (exact) mass is 366 g/mol. The molecule has 2 aromatic rings. The van der Waals surface area contributed by atoms with Gasteiger partial charge < -0.3 is 14.2 Å². The highest BCUT2D eigenvalue weighted by molar-refractivity contribution is 5.96. The minimum Gasteiger partial charge on any atom is -0.451 e. The van der Waals surface area contributed by atoms with Gasteiger partial charge in [0.1, 0.15) is 12.2 Å². The van der Waals surface area contributed by atoms with Gasteiger partial charge in [0.15, 0.2) is 11.9 Å². The van der Waals surface area contributed by atoms with Crippen molar-refractivity contribution in [3.63, 3.8) is 0 Å². The summed E-state index contributed by atoms with van der Waals surface area (Å²) < 4.78 is 17.2. The lowest BCUT2D eigenvalue weighted by atomic mass is 9.96. The van der Waals surface area contributed by atoms with E-state index < -0.39 is 24.3 Å². The van der Waals surface area contributed by atoms with Crippen LogP contribution in [0.2, 0.25) is 0 Å². The Hall–Kier alpha value is -2.76. The van der Waals surface area contributed by atoms with Crippen molar-refractivity contribution in [1.82, 2.24) is 0 Å². The van der Waals surface area contributed by atoms with E-state index in [4.69, 9.17) is 14.2 Å². The molecule has 27 heavy (non-hydrogen) atoms. The normalized spacial score (nSPS) is 21.8. The van der Waals surface area contributed by atoms with Crippen LogP contribution in [0.15, 0.2) is 72.8 Å². The fourth-order valence-corrected chi connectivity index (χ4v) is 2.90. The van der Waals surface area contributed by atoms with Crippen LogP contribution in [0.5, 0.6) is 0 Å². The molecule has 2 aromatic carbocycles. The maximum atomic E-state index is 12.3. The summed E-state index contributed by atoms with van der Waals surface area (Å²) in [5, 5.41) is 0. The molecule has 1 aliphatic rings. The van der Waals surface area contributed by atoms with E-state index in [-0.39, 0.29) is 12.4 Å². The summed E-state index contributed by atoms with van der Waals surface area (Å²) in [7, 11) is 0. The van der Waals surface area contributed by atoms with Crippen LogP contribution in [0.4, 0.5) is 0 Å². The summed E-state index contributed by atoms with van der Waals surface area (Å²) in [6.45, 7) is 1.93. The molecule has 5 heteroatoms. The molecule has 0 saturated heterocycles. The van der Waals surface area contributed by atoms with E-state index in [1.165, 1.54) is 13.0 Å². The van der Waals surface area contributed by atoms with E-state index in [9.17, 15) is 9.59 Å². The second-order valence-electron chi connectivity index (χ2n) is 6.31. The van der Waals surface area contributed by atoms with Crippen LogP contribution in [0, 0.1) is 0 Å². The van der Waals surface area contributed by atoms with Crippen molar-refractivity contribution in [1.29, 1.82) is 0 Å². The van der Waals surface area contributed by atoms with Crippen molar-refractivity contribution in [3.05, 3.63) is 83.9 Å². The summed E-state index contributed by atoms with van der Waals surface area (Å²) in [6, 6.07) is 19.3. The number of ether oxygens (including phenoxy) is 3. The van der Waals surface area contributed by atoms with Gasteiger partial charge in [-0.2, -0.15) is 0 Å². The molecule has 5 nitrogen and oxygen atoms in total. The van der Waals surface area contributed by atoms with Crippen LogP contribution < -0.4 is 0 Å². The molecule has 0 fully saturated rings. The summed E-state index contributed by atoms with van der Waals surface area (Å²) in [5.74, 6) is -0.832. The zero-order chi connectivity index (χ0) is 19.1. The first kappa shape index (κ1) is 19.0. The van der Waals surface area contributed by atoms with Crippen molar-refractivity contribution in [2.75, 3.05) is 0 Å². The van der Waals surface area contributed by atoms with Crippen molar-refractivity contribution in [2.45, 2.75) is 38.4 Å². The Morgan fingerprint density at radius 1 is 0.889 bits per heavy atom. The Labute approximate surface area is 158 Å². The van der Waals surface area contributed by atoms with E-state index in [0.717, 1.165) is 11.1 Å². The summed E-state index contributed by atoms with van der Waals surface area (Å²) >= 11 is 0. The van der Waals surface area contributed by atoms with Crippen LogP contribution in [-0.2, 0) is 37.0 Å². The number of hydrogen-bond donors (Lipinski definition) is 0. The number of rotatable bonds is 7. The Morgan fingerprint density at radius 2 is 1.44 bits per heavy atom. The van der Waals surface area contributed by atoms with Gasteiger partial charge in [0, 0.05) is 6.92 Å². The van der Waals surface area contributed by atoms with E-state index in [2.05, 4.69) is 0 Å². The molecule has 3 atom stereocenters. The lowest BCUT2D eigenvalue weighted by Crippen LogP contribution is -2.49. The van der Waals surface area contributed by atoms with Crippen LogP contribution >= 0.6 is 0 Å². The van der Waals surface area contributed by atoms with Gasteiger partial charge in [-0.3, -0.25) is 9.59 Å². The number of carbonyl (C=O) groups excluding carboxylic acids is 2.